The van der Waals surface area contributed by atoms with Crippen molar-refractivity contribution >= 4 is 11.8 Å². The van der Waals surface area contributed by atoms with E-state index < -0.39 is 58.9 Å². The van der Waals surface area contributed by atoms with Gasteiger partial charge in [0, 0.05) is 74.7 Å². The monoisotopic (exact) mass is 920 g/mol. The molecule has 0 aliphatic rings. The van der Waals surface area contributed by atoms with E-state index in [9.17, 15) is 53.5 Å². The van der Waals surface area contributed by atoms with Crippen LogP contribution in [0.2, 0.25) is 0 Å². The zero-order chi connectivity index (χ0) is 43.9. The molecule has 6 rings (SSSR count). The molecule has 4 heterocycles. The average molecular weight is 922 g/mol. The first-order valence-electron chi connectivity index (χ1n) is 17.5. The largest absolute Gasteiger partial charge is 1.00 e. The number of likely N-dealkylation sites (N-methyl/N-ethyl adjacent to an activating group) is 2. The number of aromatic nitrogens is 4. The first-order valence-corrected chi connectivity index (χ1v) is 17.5. The lowest BCUT2D eigenvalue weighted by molar-refractivity contribution is -0.685. The molecule has 4 aromatic heterocycles. The third-order valence-corrected chi connectivity index (χ3v) is 9.10. The molecule has 0 saturated heterocycles. The molecule has 2 aromatic carbocycles. The molecule has 330 valence electrons. The summed E-state index contributed by atoms with van der Waals surface area (Å²) in [5.74, 6) is -16.1. The van der Waals surface area contributed by atoms with Gasteiger partial charge in [-0.15, -0.1) is 0 Å². The van der Waals surface area contributed by atoms with Crippen LogP contribution < -0.4 is 33.9 Å². The molecule has 62 heavy (non-hydrogen) atoms. The van der Waals surface area contributed by atoms with Gasteiger partial charge < -0.3 is 43.4 Å². The van der Waals surface area contributed by atoms with E-state index in [1.165, 1.54) is 145 Å². The topological polar surface area (TPSA) is 100 Å². The van der Waals surface area contributed by atoms with Crippen molar-refractivity contribution in [2.45, 2.75) is 37.3 Å². The molecule has 0 aliphatic heterocycles. The Morgan fingerprint density at radius 2 is 0.758 bits per heavy atom. The van der Waals surface area contributed by atoms with Gasteiger partial charge in [-0.1, -0.05) is 24.3 Å². The van der Waals surface area contributed by atoms with Crippen LogP contribution in [0.4, 0.5) is 43.9 Å². The minimum absolute atomic E-state index is 0. The minimum Gasteiger partial charge on any atom is -1.00 e. The second-order valence-electron chi connectivity index (χ2n) is 13.8. The van der Waals surface area contributed by atoms with Gasteiger partial charge in [0.25, 0.3) is 11.8 Å². The first-order chi connectivity index (χ1) is 28.0. The highest BCUT2D eigenvalue weighted by Crippen LogP contribution is 2.50. The van der Waals surface area contributed by atoms with Crippen molar-refractivity contribution in [2.75, 3.05) is 28.2 Å². The Labute approximate surface area is 358 Å². The highest BCUT2D eigenvalue weighted by atomic mass is 35.5. The predicted octanol–water partition coefficient (Wildman–Crippen LogP) is 2.07. The Bertz CT molecular complexity index is 2330. The first kappa shape index (κ1) is 48.6. The summed E-state index contributed by atoms with van der Waals surface area (Å²) in [6, 6.07) is 16.0. The molecule has 0 bridgehead atoms. The van der Waals surface area contributed by atoms with Gasteiger partial charge in [0.15, 0.2) is 24.8 Å². The number of amides is 2. The van der Waals surface area contributed by atoms with Gasteiger partial charge in [-0.05, 0) is 35.4 Å². The van der Waals surface area contributed by atoms with Gasteiger partial charge in [-0.25, -0.2) is 9.97 Å². The molecule has 2 amide bonds. The molecule has 0 saturated carbocycles. The molecule has 6 aromatic rings. The maximum Gasteiger partial charge on any atom is 0.461 e. The molecule has 0 spiro atoms. The number of carbonyl (C=O) groups is 2. The van der Waals surface area contributed by atoms with E-state index in [2.05, 4.69) is 9.97 Å². The van der Waals surface area contributed by atoms with Crippen LogP contribution in [0, 0.1) is 0 Å². The van der Waals surface area contributed by atoms with E-state index in [-0.39, 0.29) is 72.0 Å². The standard InChI is InChI=1S/C40H32F10N6O4.2ClH/c1-53(2)29(57)21-55-17-13-25(14-18-55)31-33(37(41,42)39(45,46)47)59-35(51-31)27-9-5-23(6-10-27)24-7-11-28(12-8-24)36-52-32(34(60-36)38(43,44)40(48,49)50)26-15-19-56(20-16-26)22-30(58)54(3)4;;/h5-20H,21-22H2,1-4H3;2*1H/q+2;;/p-2. The summed E-state index contributed by atoms with van der Waals surface area (Å²) < 4.78 is 154. The number of halogens is 12. The van der Waals surface area contributed by atoms with Crippen molar-refractivity contribution in [1.29, 1.82) is 0 Å². The number of nitrogens with zero attached hydrogens (tertiary/aromatic N) is 6. The van der Waals surface area contributed by atoms with E-state index >= 15 is 0 Å². The molecular weight excluding hydrogens is 889 g/mol. The lowest BCUT2D eigenvalue weighted by Crippen LogP contribution is -3.00. The fraction of sp³-hybridized carbons (Fsp3) is 0.250. The molecule has 0 unspecified atom stereocenters. The van der Waals surface area contributed by atoms with Crippen molar-refractivity contribution in [3.8, 4) is 56.6 Å². The average Bonchev–Trinajstić information content (AvgIpc) is 3.85. The third-order valence-electron chi connectivity index (χ3n) is 9.10. The number of benzene rings is 2. The molecule has 0 aliphatic carbocycles. The Hall–Kier alpha value is -6.02. The van der Waals surface area contributed by atoms with Crippen LogP contribution in [0.25, 0.3) is 56.6 Å². The van der Waals surface area contributed by atoms with E-state index in [0.29, 0.717) is 11.1 Å². The smallest absolute Gasteiger partial charge is 0.461 e. The van der Waals surface area contributed by atoms with E-state index in [1.807, 2.05) is 0 Å². The van der Waals surface area contributed by atoms with Crippen LogP contribution in [0.1, 0.15) is 11.5 Å². The lowest BCUT2D eigenvalue weighted by Gasteiger charge is -2.17. The van der Waals surface area contributed by atoms with E-state index in [0.717, 1.165) is 0 Å². The van der Waals surface area contributed by atoms with Crippen LogP contribution in [0.5, 0.6) is 0 Å². The summed E-state index contributed by atoms with van der Waals surface area (Å²) in [6.07, 6.45) is -6.81. The van der Waals surface area contributed by atoms with Crippen molar-refractivity contribution in [3.63, 3.8) is 0 Å². The SMILES string of the molecule is CN(C)C(=O)C[n+]1ccc(-c2nc(-c3ccc(-c4ccc(-c5nc(-c6cc[n+](CC(=O)N(C)C)cc6)c(C(F)(F)C(F)(F)F)o5)cc4)cc3)oc2C(F)(F)C(F)(F)F)cc1.[Cl-].[Cl-]. The second-order valence-corrected chi connectivity index (χ2v) is 13.8. The van der Waals surface area contributed by atoms with Gasteiger partial charge in [0.1, 0.15) is 11.4 Å². The number of alkyl halides is 10. The number of oxazole rings is 2. The van der Waals surface area contributed by atoms with Crippen molar-refractivity contribution < 1.29 is 96.3 Å². The third kappa shape index (κ3) is 9.86. The number of carbonyl (C=O) groups excluding carboxylic acids is 2. The van der Waals surface area contributed by atoms with E-state index in [1.54, 1.807) is 0 Å². The fourth-order valence-electron chi connectivity index (χ4n) is 5.61. The Kier molecular flexibility index (Phi) is 14.2. The van der Waals surface area contributed by atoms with Crippen LogP contribution in [-0.4, -0.2) is 72.1 Å². The van der Waals surface area contributed by atoms with E-state index in [4.69, 9.17) is 8.83 Å². The molecule has 22 heteroatoms. The molecule has 0 N–H and O–H groups in total. The Morgan fingerprint density at radius 3 is 1.02 bits per heavy atom. The lowest BCUT2D eigenvalue weighted by atomic mass is 10.0. The number of rotatable bonds is 11. The highest BCUT2D eigenvalue weighted by Gasteiger charge is 2.64. The summed E-state index contributed by atoms with van der Waals surface area (Å²) in [5.41, 5.74) is -0.901. The summed E-state index contributed by atoms with van der Waals surface area (Å²) in [5, 5.41) is 0. The highest BCUT2D eigenvalue weighted by molar-refractivity contribution is 5.75. The summed E-state index contributed by atoms with van der Waals surface area (Å²) in [7, 11) is 6.09. The van der Waals surface area contributed by atoms with Gasteiger partial charge in [-0.3, -0.25) is 9.59 Å². The van der Waals surface area contributed by atoms with Gasteiger partial charge in [-0.2, -0.15) is 53.0 Å². The van der Waals surface area contributed by atoms with Crippen LogP contribution in [-0.2, 0) is 34.5 Å². The van der Waals surface area contributed by atoms with Gasteiger partial charge in [0.2, 0.25) is 36.4 Å². The Morgan fingerprint density at radius 1 is 0.484 bits per heavy atom. The van der Waals surface area contributed by atoms with Gasteiger partial charge >= 0.3 is 24.2 Å². The van der Waals surface area contributed by atoms with Crippen molar-refractivity contribution in [1.82, 2.24) is 19.8 Å². The second kappa shape index (κ2) is 18.1. The quantitative estimate of drug-likeness (QED) is 0.146. The summed E-state index contributed by atoms with van der Waals surface area (Å²) in [6.45, 7) is -0.254. The molecule has 0 atom stereocenters. The molecule has 0 radical (unpaired) electrons. The maximum absolute atomic E-state index is 14.8. The van der Waals surface area contributed by atoms with Crippen molar-refractivity contribution in [3.05, 3.63) is 109 Å². The Balaban J connectivity index is 0.00000422. The predicted molar refractivity (Wildman–Crippen MR) is 191 cm³/mol. The summed E-state index contributed by atoms with van der Waals surface area (Å²) in [4.78, 5) is 34.7. The van der Waals surface area contributed by atoms with Crippen LogP contribution in [0.15, 0.2) is 106 Å². The maximum atomic E-state index is 14.8. The number of hydrogen-bond donors (Lipinski definition) is 0. The van der Waals surface area contributed by atoms with Crippen molar-refractivity contribution in [2.24, 2.45) is 0 Å². The molecule has 0 fully saturated rings. The zero-order valence-electron chi connectivity index (χ0n) is 32.5. The van der Waals surface area contributed by atoms with Crippen LogP contribution in [0.3, 0.4) is 0 Å². The van der Waals surface area contributed by atoms with Crippen LogP contribution >= 0.6 is 0 Å². The molecular formula is C40H32Cl2F10N6O4. The minimum atomic E-state index is -6.03. The fourth-order valence-corrected chi connectivity index (χ4v) is 5.61. The number of pyridine rings is 2. The normalized spacial score (nSPS) is 12.0. The summed E-state index contributed by atoms with van der Waals surface area (Å²) >= 11 is 0. The van der Waals surface area contributed by atoms with Gasteiger partial charge in [0.05, 0.1) is 0 Å². The molecule has 10 nitrogen and oxygen atoms in total. The number of hydrogen-bond acceptors (Lipinski definition) is 6. The zero-order valence-corrected chi connectivity index (χ0v) is 34.0.